The largest absolute Gasteiger partial charge is 0.482 e. The van der Waals surface area contributed by atoms with Crippen LogP contribution in [-0.2, 0) is 14.3 Å². The fraction of sp³-hybridized carbons (Fsp3) is 0.346. The first kappa shape index (κ1) is 23.1. The molecule has 1 aliphatic carbocycles. The summed E-state index contributed by atoms with van der Waals surface area (Å²) >= 11 is 1.43. The number of aliphatic imine (C=N–C) groups is 1. The number of nitrogens with zero attached hydrogens (tertiary/aromatic N) is 2. The molecule has 1 heterocycles. The van der Waals surface area contributed by atoms with Crippen LogP contribution in [-0.4, -0.2) is 41.2 Å². The zero-order chi connectivity index (χ0) is 23.0. The minimum absolute atomic E-state index is 0.0178. The Bertz CT molecular complexity index is 1030. The first-order valence-electron chi connectivity index (χ1n) is 11.4. The number of rotatable bonds is 7. The number of benzene rings is 2. The van der Waals surface area contributed by atoms with Gasteiger partial charge in [-0.1, -0.05) is 49.6 Å². The van der Waals surface area contributed by atoms with E-state index in [4.69, 9.17) is 14.5 Å². The van der Waals surface area contributed by atoms with Crippen LogP contribution >= 0.6 is 11.8 Å². The molecule has 0 radical (unpaired) electrons. The molecule has 0 N–H and O–H groups in total. The van der Waals surface area contributed by atoms with E-state index >= 15 is 0 Å². The summed E-state index contributed by atoms with van der Waals surface area (Å²) in [4.78, 5) is 32.2. The van der Waals surface area contributed by atoms with Crippen molar-refractivity contribution in [1.82, 2.24) is 4.90 Å². The molecule has 0 spiro atoms. The van der Waals surface area contributed by atoms with Crippen molar-refractivity contribution in [3.05, 3.63) is 65.1 Å². The van der Waals surface area contributed by atoms with Gasteiger partial charge in [0.25, 0.3) is 5.91 Å². The predicted octanol–water partition coefficient (Wildman–Crippen LogP) is 5.57. The Kier molecular flexibility index (Phi) is 7.83. The third-order valence-electron chi connectivity index (χ3n) is 5.60. The standard InChI is InChI=1S/C26H28N2O4S/c1-2-31-24(29)18-32-22-15-13-19(14-16-22)17-23-25(30)28(21-11-7-4-8-12-21)26(33-23)27-20-9-5-3-6-10-20/h3,5-6,9-10,13-17,21H,2,4,7-8,11-12,18H2,1H3/b23-17-,27-26?. The molecule has 6 nitrogen and oxygen atoms in total. The van der Waals surface area contributed by atoms with Crippen molar-refractivity contribution in [2.24, 2.45) is 4.99 Å². The zero-order valence-corrected chi connectivity index (χ0v) is 19.6. The molecule has 1 aliphatic heterocycles. The maximum absolute atomic E-state index is 13.4. The quantitative estimate of drug-likeness (QED) is 0.396. The average molecular weight is 465 g/mol. The predicted molar refractivity (Wildman–Crippen MR) is 131 cm³/mol. The molecule has 1 saturated heterocycles. The van der Waals surface area contributed by atoms with Crippen LogP contribution in [0.15, 0.2) is 64.5 Å². The van der Waals surface area contributed by atoms with Crippen molar-refractivity contribution < 1.29 is 19.1 Å². The third-order valence-corrected chi connectivity index (χ3v) is 6.58. The van der Waals surface area contributed by atoms with Crippen LogP contribution in [0.2, 0.25) is 0 Å². The Morgan fingerprint density at radius 2 is 1.82 bits per heavy atom. The summed E-state index contributed by atoms with van der Waals surface area (Å²) in [6.45, 7) is 1.96. The van der Waals surface area contributed by atoms with Gasteiger partial charge in [-0.2, -0.15) is 0 Å². The molecular formula is C26H28N2O4S. The first-order chi connectivity index (χ1) is 16.1. The van der Waals surface area contributed by atoms with Crippen LogP contribution in [0.1, 0.15) is 44.6 Å². The Hall–Kier alpha value is -3.06. The van der Waals surface area contributed by atoms with Crippen LogP contribution in [0.4, 0.5) is 5.69 Å². The molecule has 1 saturated carbocycles. The van der Waals surface area contributed by atoms with E-state index in [1.54, 1.807) is 19.1 Å². The topological polar surface area (TPSA) is 68.2 Å². The first-order valence-corrected chi connectivity index (χ1v) is 12.2. The number of hydrogen-bond donors (Lipinski definition) is 0. The molecular weight excluding hydrogens is 436 g/mol. The molecule has 33 heavy (non-hydrogen) atoms. The number of para-hydroxylation sites is 1. The lowest BCUT2D eigenvalue weighted by molar-refractivity contribution is -0.145. The molecule has 1 amide bonds. The van der Waals surface area contributed by atoms with E-state index < -0.39 is 5.97 Å². The van der Waals surface area contributed by atoms with Crippen molar-refractivity contribution in [2.45, 2.75) is 45.1 Å². The van der Waals surface area contributed by atoms with Gasteiger partial charge in [0.05, 0.1) is 17.2 Å². The second-order valence-corrected chi connectivity index (χ2v) is 8.98. The van der Waals surface area contributed by atoms with Crippen molar-refractivity contribution >= 4 is 40.6 Å². The molecule has 0 unspecified atom stereocenters. The number of hydrogen-bond acceptors (Lipinski definition) is 6. The molecule has 2 aromatic rings. The summed E-state index contributed by atoms with van der Waals surface area (Å²) in [7, 11) is 0. The van der Waals surface area contributed by atoms with Crippen molar-refractivity contribution in [3.8, 4) is 5.75 Å². The van der Waals surface area contributed by atoms with Gasteiger partial charge in [0.15, 0.2) is 11.8 Å². The highest BCUT2D eigenvalue weighted by atomic mass is 32.2. The molecule has 2 fully saturated rings. The fourth-order valence-electron chi connectivity index (χ4n) is 4.00. The van der Waals surface area contributed by atoms with E-state index in [1.807, 2.05) is 53.4 Å². The number of esters is 1. The van der Waals surface area contributed by atoms with Crippen LogP contribution in [0.25, 0.3) is 6.08 Å². The van der Waals surface area contributed by atoms with Crippen LogP contribution in [0.3, 0.4) is 0 Å². The summed E-state index contributed by atoms with van der Waals surface area (Å²) in [5, 5.41) is 0.749. The zero-order valence-electron chi connectivity index (χ0n) is 18.7. The Morgan fingerprint density at radius 3 is 2.52 bits per heavy atom. The van der Waals surface area contributed by atoms with Gasteiger partial charge < -0.3 is 9.47 Å². The van der Waals surface area contributed by atoms with Gasteiger partial charge in [-0.15, -0.1) is 0 Å². The Balaban J connectivity index is 1.53. The van der Waals surface area contributed by atoms with Crippen molar-refractivity contribution in [3.63, 3.8) is 0 Å². The lowest BCUT2D eigenvalue weighted by Gasteiger charge is -2.30. The molecule has 0 atom stereocenters. The third kappa shape index (κ3) is 6.05. The summed E-state index contributed by atoms with van der Waals surface area (Å²) in [5.41, 5.74) is 1.73. The molecule has 2 aromatic carbocycles. The van der Waals surface area contributed by atoms with Gasteiger partial charge in [0, 0.05) is 6.04 Å². The Labute approximate surface area is 198 Å². The lowest BCUT2D eigenvalue weighted by Crippen LogP contribution is -2.40. The smallest absolute Gasteiger partial charge is 0.344 e. The van der Waals surface area contributed by atoms with Gasteiger partial charge >= 0.3 is 5.97 Å². The van der Waals surface area contributed by atoms with Crippen molar-refractivity contribution in [2.75, 3.05) is 13.2 Å². The molecule has 172 valence electrons. The number of ether oxygens (including phenoxy) is 2. The lowest BCUT2D eigenvalue weighted by atomic mass is 9.94. The van der Waals surface area contributed by atoms with E-state index in [2.05, 4.69) is 0 Å². The Morgan fingerprint density at radius 1 is 1.09 bits per heavy atom. The molecule has 0 bridgehead atoms. The van der Waals surface area contributed by atoms with Gasteiger partial charge in [0.2, 0.25) is 0 Å². The van der Waals surface area contributed by atoms with E-state index in [0.717, 1.165) is 42.1 Å². The average Bonchev–Trinajstić information content (AvgIpc) is 3.14. The second-order valence-electron chi connectivity index (χ2n) is 7.97. The molecule has 0 aromatic heterocycles. The van der Waals surface area contributed by atoms with Gasteiger partial charge in [-0.25, -0.2) is 9.79 Å². The fourth-order valence-corrected chi connectivity index (χ4v) is 5.05. The molecule has 7 heteroatoms. The highest BCUT2D eigenvalue weighted by Crippen LogP contribution is 2.38. The normalized spacial score (nSPS) is 19.3. The minimum Gasteiger partial charge on any atom is -0.482 e. The number of thioether (sulfide) groups is 1. The van der Waals surface area contributed by atoms with Gasteiger partial charge in [0.1, 0.15) is 5.75 Å². The SMILES string of the molecule is CCOC(=O)COc1ccc(/C=C2\SC(=Nc3ccccc3)N(C3CCCCC3)C2=O)cc1. The van der Waals surface area contributed by atoms with E-state index in [9.17, 15) is 9.59 Å². The highest BCUT2D eigenvalue weighted by molar-refractivity contribution is 8.18. The van der Waals surface area contributed by atoms with Gasteiger partial charge in [-0.05, 0) is 67.4 Å². The summed E-state index contributed by atoms with van der Waals surface area (Å²) in [5.74, 6) is 0.194. The van der Waals surface area contributed by atoms with E-state index in [0.29, 0.717) is 17.3 Å². The van der Waals surface area contributed by atoms with Crippen molar-refractivity contribution in [1.29, 1.82) is 0 Å². The molecule has 4 rings (SSSR count). The van der Waals surface area contributed by atoms with Gasteiger partial charge in [-0.3, -0.25) is 9.69 Å². The maximum atomic E-state index is 13.4. The number of carbonyl (C=O) groups is 2. The van der Waals surface area contributed by atoms with Crippen LogP contribution in [0.5, 0.6) is 5.75 Å². The number of carbonyl (C=O) groups excluding carboxylic acids is 2. The van der Waals surface area contributed by atoms with E-state index in [-0.39, 0.29) is 18.6 Å². The monoisotopic (exact) mass is 464 g/mol. The highest BCUT2D eigenvalue weighted by Gasteiger charge is 2.38. The van der Waals surface area contributed by atoms with E-state index in [1.165, 1.54) is 18.2 Å². The number of amides is 1. The summed E-state index contributed by atoms with van der Waals surface area (Å²) in [6, 6.07) is 17.3. The van der Waals surface area contributed by atoms with Crippen LogP contribution in [0, 0.1) is 0 Å². The summed E-state index contributed by atoms with van der Waals surface area (Å²) in [6.07, 6.45) is 7.43. The number of amidine groups is 1. The second kappa shape index (κ2) is 11.2. The summed E-state index contributed by atoms with van der Waals surface area (Å²) < 4.78 is 10.3. The molecule has 2 aliphatic rings. The maximum Gasteiger partial charge on any atom is 0.344 e. The van der Waals surface area contributed by atoms with Crippen LogP contribution < -0.4 is 4.74 Å². The minimum atomic E-state index is -0.398.